The molecule has 0 fully saturated rings. The quantitative estimate of drug-likeness (QED) is 0.801. The monoisotopic (exact) mass is 293 g/mol. The van der Waals surface area contributed by atoms with Crippen LogP contribution in [0, 0.1) is 6.92 Å². The van der Waals surface area contributed by atoms with Crippen molar-refractivity contribution in [3.63, 3.8) is 0 Å². The van der Waals surface area contributed by atoms with Crippen LogP contribution >= 0.6 is 0 Å². The van der Waals surface area contributed by atoms with Crippen LogP contribution in [0.1, 0.15) is 5.56 Å². The average molecular weight is 293 g/mol. The van der Waals surface area contributed by atoms with Gasteiger partial charge in [-0.2, -0.15) is 4.80 Å². The van der Waals surface area contributed by atoms with Gasteiger partial charge >= 0.3 is 0 Å². The maximum atomic E-state index is 12.0. The Bertz CT molecular complexity index is 765. The van der Waals surface area contributed by atoms with Gasteiger partial charge in [0.25, 0.3) is 0 Å². The molecule has 0 atom stereocenters. The van der Waals surface area contributed by atoms with Gasteiger partial charge in [0.2, 0.25) is 11.7 Å². The molecule has 0 spiro atoms. The van der Waals surface area contributed by atoms with Crippen LogP contribution in [0.15, 0.2) is 54.6 Å². The number of tetrazole rings is 1. The summed E-state index contributed by atoms with van der Waals surface area (Å²) in [5.41, 5.74) is 2.76. The van der Waals surface area contributed by atoms with Crippen molar-refractivity contribution in [3.8, 4) is 11.4 Å². The topological polar surface area (TPSA) is 72.7 Å². The van der Waals surface area contributed by atoms with E-state index in [0.717, 1.165) is 16.8 Å². The van der Waals surface area contributed by atoms with E-state index in [9.17, 15) is 4.79 Å². The Morgan fingerprint density at radius 3 is 2.55 bits per heavy atom. The van der Waals surface area contributed by atoms with Gasteiger partial charge in [-0.25, -0.2) is 0 Å². The van der Waals surface area contributed by atoms with Gasteiger partial charge in [-0.1, -0.05) is 48.0 Å². The van der Waals surface area contributed by atoms with Crippen LogP contribution in [0.3, 0.4) is 0 Å². The van der Waals surface area contributed by atoms with Crippen molar-refractivity contribution in [2.24, 2.45) is 0 Å². The molecule has 6 nitrogen and oxygen atoms in total. The highest BCUT2D eigenvalue weighted by atomic mass is 16.2. The highest BCUT2D eigenvalue weighted by Crippen LogP contribution is 2.12. The fraction of sp³-hybridized carbons (Fsp3) is 0.125. The number of hydrogen-bond donors (Lipinski definition) is 1. The van der Waals surface area contributed by atoms with Gasteiger partial charge in [0, 0.05) is 11.3 Å². The van der Waals surface area contributed by atoms with Gasteiger partial charge < -0.3 is 5.32 Å². The zero-order valence-corrected chi connectivity index (χ0v) is 12.1. The molecule has 0 radical (unpaired) electrons. The van der Waals surface area contributed by atoms with Gasteiger partial charge in [-0.15, -0.1) is 10.2 Å². The van der Waals surface area contributed by atoms with Crippen molar-refractivity contribution in [2.45, 2.75) is 13.5 Å². The largest absolute Gasteiger partial charge is 0.324 e. The molecule has 6 heteroatoms. The van der Waals surface area contributed by atoms with Gasteiger partial charge in [0.1, 0.15) is 6.54 Å². The van der Waals surface area contributed by atoms with E-state index in [2.05, 4.69) is 20.7 Å². The third kappa shape index (κ3) is 3.35. The van der Waals surface area contributed by atoms with E-state index in [-0.39, 0.29) is 12.5 Å². The van der Waals surface area contributed by atoms with Crippen molar-refractivity contribution < 1.29 is 4.79 Å². The normalized spacial score (nSPS) is 10.4. The van der Waals surface area contributed by atoms with Gasteiger partial charge in [-0.3, -0.25) is 4.79 Å². The predicted octanol–water partition coefficient (Wildman–Crippen LogP) is 2.29. The number of hydrogen-bond acceptors (Lipinski definition) is 4. The Morgan fingerprint density at radius 1 is 1.09 bits per heavy atom. The number of nitrogens with one attached hydrogen (secondary N) is 1. The number of anilines is 1. The summed E-state index contributed by atoms with van der Waals surface area (Å²) in [6.07, 6.45) is 0. The van der Waals surface area contributed by atoms with E-state index < -0.39 is 0 Å². The smallest absolute Gasteiger partial charge is 0.248 e. The van der Waals surface area contributed by atoms with Crippen LogP contribution in [-0.2, 0) is 11.3 Å². The zero-order valence-electron chi connectivity index (χ0n) is 12.1. The summed E-state index contributed by atoms with van der Waals surface area (Å²) in [6, 6.07) is 17.1. The van der Waals surface area contributed by atoms with Crippen molar-refractivity contribution in [1.82, 2.24) is 20.2 Å². The van der Waals surface area contributed by atoms with Crippen molar-refractivity contribution in [3.05, 3.63) is 60.2 Å². The number of carbonyl (C=O) groups is 1. The Balaban J connectivity index is 1.65. The molecule has 1 N–H and O–H groups in total. The number of carbonyl (C=O) groups excluding carboxylic acids is 1. The van der Waals surface area contributed by atoms with E-state index in [1.165, 1.54) is 4.80 Å². The number of nitrogens with zero attached hydrogens (tertiary/aromatic N) is 4. The summed E-state index contributed by atoms with van der Waals surface area (Å²) in [5, 5.41) is 14.9. The van der Waals surface area contributed by atoms with Crippen molar-refractivity contribution in [1.29, 1.82) is 0 Å². The minimum atomic E-state index is -0.194. The third-order valence-electron chi connectivity index (χ3n) is 3.11. The summed E-state index contributed by atoms with van der Waals surface area (Å²) < 4.78 is 0. The first-order chi connectivity index (χ1) is 10.7. The molecule has 0 saturated heterocycles. The van der Waals surface area contributed by atoms with Crippen molar-refractivity contribution >= 4 is 11.6 Å². The van der Waals surface area contributed by atoms with Crippen molar-refractivity contribution in [2.75, 3.05) is 5.32 Å². The summed E-state index contributed by atoms with van der Waals surface area (Å²) in [4.78, 5) is 13.3. The number of benzene rings is 2. The molecule has 2 aromatic carbocycles. The molecular weight excluding hydrogens is 278 g/mol. The molecule has 1 heterocycles. The zero-order chi connectivity index (χ0) is 15.4. The highest BCUT2D eigenvalue weighted by Gasteiger charge is 2.09. The number of rotatable bonds is 4. The maximum Gasteiger partial charge on any atom is 0.248 e. The molecule has 3 aromatic rings. The average Bonchev–Trinajstić information content (AvgIpc) is 2.99. The second-order valence-corrected chi connectivity index (χ2v) is 4.92. The molecule has 0 aliphatic carbocycles. The van der Waals surface area contributed by atoms with Gasteiger partial charge in [0.15, 0.2) is 0 Å². The van der Waals surface area contributed by atoms with E-state index in [1.54, 1.807) is 0 Å². The number of amides is 1. The molecule has 1 aromatic heterocycles. The van der Waals surface area contributed by atoms with Crippen LogP contribution in [0.25, 0.3) is 11.4 Å². The van der Waals surface area contributed by atoms with E-state index in [1.807, 2.05) is 61.5 Å². The Hall–Kier alpha value is -3.02. The minimum Gasteiger partial charge on any atom is -0.324 e. The van der Waals surface area contributed by atoms with Gasteiger partial charge in [0.05, 0.1) is 0 Å². The first-order valence-corrected chi connectivity index (χ1v) is 6.90. The van der Waals surface area contributed by atoms with Crippen LogP contribution in [-0.4, -0.2) is 26.1 Å². The molecule has 0 saturated carbocycles. The summed E-state index contributed by atoms with van der Waals surface area (Å²) in [5.74, 6) is 0.310. The Morgan fingerprint density at radius 2 is 1.82 bits per heavy atom. The number of aryl methyl sites for hydroxylation is 1. The van der Waals surface area contributed by atoms with Gasteiger partial charge in [-0.05, 0) is 24.3 Å². The first-order valence-electron chi connectivity index (χ1n) is 6.90. The predicted molar refractivity (Wildman–Crippen MR) is 83.1 cm³/mol. The second-order valence-electron chi connectivity index (χ2n) is 4.92. The molecule has 3 rings (SSSR count). The first kappa shape index (κ1) is 13.9. The SMILES string of the molecule is Cc1ccc(NC(=O)Cn2nnc(-c3ccccc3)n2)cc1. The molecule has 0 aliphatic heterocycles. The van der Waals surface area contributed by atoms with Crippen LogP contribution in [0.2, 0.25) is 0 Å². The Kier molecular flexibility index (Phi) is 3.91. The lowest BCUT2D eigenvalue weighted by atomic mass is 10.2. The standard InChI is InChI=1S/C16H15N5O/c1-12-7-9-14(10-8-12)17-15(22)11-21-19-16(18-20-21)13-5-3-2-4-6-13/h2-10H,11H2,1H3,(H,17,22). The fourth-order valence-electron chi connectivity index (χ4n) is 1.98. The molecule has 0 unspecified atom stereocenters. The lowest BCUT2D eigenvalue weighted by Gasteiger charge is -2.04. The molecule has 110 valence electrons. The van der Waals surface area contributed by atoms with Crippen LogP contribution < -0.4 is 5.32 Å². The van der Waals surface area contributed by atoms with E-state index in [4.69, 9.17) is 0 Å². The molecule has 22 heavy (non-hydrogen) atoms. The summed E-state index contributed by atoms with van der Waals surface area (Å²) >= 11 is 0. The van der Waals surface area contributed by atoms with Crippen LogP contribution in [0.5, 0.6) is 0 Å². The maximum absolute atomic E-state index is 12.0. The lowest BCUT2D eigenvalue weighted by Crippen LogP contribution is -2.20. The summed E-state index contributed by atoms with van der Waals surface area (Å²) in [6.45, 7) is 2.02. The molecular formula is C16H15N5O. The molecule has 1 amide bonds. The van der Waals surface area contributed by atoms with E-state index >= 15 is 0 Å². The molecule has 0 aliphatic rings. The number of aromatic nitrogens is 4. The molecule has 0 bridgehead atoms. The minimum absolute atomic E-state index is 0.0215. The Labute approximate surface area is 127 Å². The third-order valence-corrected chi connectivity index (χ3v) is 3.11. The second kappa shape index (κ2) is 6.17. The van der Waals surface area contributed by atoms with Crippen LogP contribution in [0.4, 0.5) is 5.69 Å². The lowest BCUT2D eigenvalue weighted by molar-refractivity contribution is -0.117. The van der Waals surface area contributed by atoms with E-state index in [0.29, 0.717) is 5.82 Å². The highest BCUT2D eigenvalue weighted by molar-refractivity contribution is 5.90. The fourth-order valence-corrected chi connectivity index (χ4v) is 1.98. The summed E-state index contributed by atoms with van der Waals surface area (Å²) in [7, 11) is 0.